The Hall–Kier alpha value is -1.55. The molecule has 1 amide bonds. The van der Waals surface area contributed by atoms with E-state index in [1.807, 2.05) is 27.7 Å². The van der Waals surface area contributed by atoms with Gasteiger partial charge in [-0.25, -0.2) is 4.79 Å². The minimum atomic E-state index is -0.444. The molecular weight excluding hydrogens is 288 g/mol. The smallest absolute Gasteiger partial charge is 0.407 e. The van der Waals surface area contributed by atoms with Crippen LogP contribution >= 0.6 is 0 Å². The predicted octanol–water partition coefficient (Wildman–Crippen LogP) is 3.83. The van der Waals surface area contributed by atoms with Gasteiger partial charge >= 0.3 is 6.09 Å². The van der Waals surface area contributed by atoms with Gasteiger partial charge in [-0.3, -0.25) is 0 Å². The molecule has 4 heteroatoms. The molecule has 1 aromatic carbocycles. The lowest BCUT2D eigenvalue weighted by Gasteiger charge is -2.36. The molecule has 1 aliphatic rings. The summed E-state index contributed by atoms with van der Waals surface area (Å²) in [6, 6.07) is 11.4. The first-order chi connectivity index (χ1) is 10.8. The minimum Gasteiger partial charge on any atom is -0.444 e. The zero-order valence-corrected chi connectivity index (χ0v) is 14.8. The second kappa shape index (κ2) is 7.82. The third kappa shape index (κ3) is 6.22. The standard InChI is InChI=1S/C19H30N2O2/c1-14(21-18(22)23-19(2,3)4)10-11-20-17-12-16(13-17)15-8-6-5-7-9-15/h5-9,14,16-17,20H,10-13H2,1-4H3,(H,21,22). The van der Waals surface area contributed by atoms with Crippen molar-refractivity contribution in [3.63, 3.8) is 0 Å². The molecular formula is C19H30N2O2. The molecule has 2 N–H and O–H groups in total. The van der Waals surface area contributed by atoms with Crippen molar-refractivity contribution >= 4 is 6.09 Å². The van der Waals surface area contributed by atoms with Crippen molar-refractivity contribution in [1.29, 1.82) is 0 Å². The van der Waals surface area contributed by atoms with Crippen LogP contribution in [0.4, 0.5) is 4.79 Å². The van der Waals surface area contributed by atoms with Gasteiger partial charge in [-0.15, -0.1) is 0 Å². The summed E-state index contributed by atoms with van der Waals surface area (Å²) >= 11 is 0. The van der Waals surface area contributed by atoms with E-state index in [0.717, 1.165) is 13.0 Å². The average molecular weight is 318 g/mol. The van der Waals surface area contributed by atoms with Crippen LogP contribution in [0.25, 0.3) is 0 Å². The summed E-state index contributed by atoms with van der Waals surface area (Å²) in [6.07, 6.45) is 2.99. The molecule has 0 saturated heterocycles. The third-order valence-corrected chi connectivity index (χ3v) is 4.18. The van der Waals surface area contributed by atoms with Crippen molar-refractivity contribution in [2.45, 2.75) is 70.6 Å². The molecule has 1 saturated carbocycles. The van der Waals surface area contributed by atoms with Gasteiger partial charge in [0, 0.05) is 12.1 Å². The Morgan fingerprint density at radius 2 is 1.91 bits per heavy atom. The number of benzene rings is 1. The second-order valence-electron chi connectivity index (χ2n) is 7.57. The Labute approximate surface area is 140 Å². The highest BCUT2D eigenvalue weighted by atomic mass is 16.6. The molecule has 2 rings (SSSR count). The van der Waals surface area contributed by atoms with E-state index in [2.05, 4.69) is 41.0 Å². The first-order valence-corrected chi connectivity index (χ1v) is 8.61. The Bertz CT molecular complexity index is 490. The number of rotatable bonds is 6. The predicted molar refractivity (Wildman–Crippen MR) is 93.7 cm³/mol. The van der Waals surface area contributed by atoms with Crippen molar-refractivity contribution in [3.8, 4) is 0 Å². The topological polar surface area (TPSA) is 50.4 Å². The van der Waals surface area contributed by atoms with Crippen LogP contribution < -0.4 is 10.6 Å². The van der Waals surface area contributed by atoms with E-state index in [1.165, 1.54) is 18.4 Å². The van der Waals surface area contributed by atoms with Crippen molar-refractivity contribution in [1.82, 2.24) is 10.6 Å². The fourth-order valence-electron chi connectivity index (χ4n) is 2.87. The van der Waals surface area contributed by atoms with Crippen LogP contribution in [0.5, 0.6) is 0 Å². The molecule has 4 nitrogen and oxygen atoms in total. The molecule has 1 unspecified atom stereocenters. The van der Waals surface area contributed by atoms with E-state index >= 15 is 0 Å². The van der Waals surface area contributed by atoms with Gasteiger partial charge < -0.3 is 15.4 Å². The van der Waals surface area contributed by atoms with Gasteiger partial charge in [0.1, 0.15) is 5.60 Å². The maximum atomic E-state index is 11.7. The van der Waals surface area contributed by atoms with Crippen LogP contribution in [-0.2, 0) is 4.74 Å². The number of alkyl carbamates (subject to hydrolysis) is 1. The van der Waals surface area contributed by atoms with Crippen molar-refractivity contribution < 1.29 is 9.53 Å². The monoisotopic (exact) mass is 318 g/mol. The lowest BCUT2D eigenvalue weighted by atomic mass is 9.76. The van der Waals surface area contributed by atoms with Gasteiger partial charge in [-0.1, -0.05) is 30.3 Å². The van der Waals surface area contributed by atoms with Gasteiger partial charge in [0.25, 0.3) is 0 Å². The Kier molecular flexibility index (Phi) is 6.05. The molecule has 0 aromatic heterocycles. The van der Waals surface area contributed by atoms with Gasteiger partial charge in [0.15, 0.2) is 0 Å². The number of nitrogens with one attached hydrogen (secondary N) is 2. The molecule has 1 aliphatic carbocycles. The second-order valence-corrected chi connectivity index (χ2v) is 7.57. The number of hydrogen-bond acceptors (Lipinski definition) is 3. The Morgan fingerprint density at radius 3 is 2.52 bits per heavy atom. The highest BCUT2D eigenvalue weighted by Gasteiger charge is 2.29. The number of carbonyl (C=O) groups is 1. The van der Waals surface area contributed by atoms with Crippen LogP contribution in [0.1, 0.15) is 58.4 Å². The molecule has 1 fully saturated rings. The summed E-state index contributed by atoms with van der Waals surface area (Å²) < 4.78 is 5.26. The molecule has 0 aliphatic heterocycles. The van der Waals surface area contributed by atoms with Gasteiger partial charge in [0.05, 0.1) is 0 Å². The maximum absolute atomic E-state index is 11.7. The van der Waals surface area contributed by atoms with Gasteiger partial charge in [0.2, 0.25) is 0 Å². The Balaban J connectivity index is 1.57. The highest BCUT2D eigenvalue weighted by molar-refractivity contribution is 5.67. The van der Waals surface area contributed by atoms with Crippen LogP contribution in [0, 0.1) is 0 Å². The first kappa shape index (κ1) is 17.8. The fourth-order valence-corrected chi connectivity index (χ4v) is 2.87. The third-order valence-electron chi connectivity index (χ3n) is 4.18. The van der Waals surface area contributed by atoms with Crippen LogP contribution in [0.2, 0.25) is 0 Å². The van der Waals surface area contributed by atoms with Crippen LogP contribution in [-0.4, -0.2) is 30.3 Å². The van der Waals surface area contributed by atoms with E-state index in [4.69, 9.17) is 4.74 Å². The number of carbonyl (C=O) groups excluding carboxylic acids is 1. The van der Waals surface area contributed by atoms with E-state index in [-0.39, 0.29) is 12.1 Å². The molecule has 1 aromatic rings. The Morgan fingerprint density at radius 1 is 1.26 bits per heavy atom. The zero-order valence-electron chi connectivity index (χ0n) is 14.8. The number of amides is 1. The minimum absolute atomic E-state index is 0.113. The maximum Gasteiger partial charge on any atom is 0.407 e. The number of ether oxygens (including phenoxy) is 1. The lowest BCUT2D eigenvalue weighted by Crippen LogP contribution is -2.43. The van der Waals surface area contributed by atoms with E-state index in [0.29, 0.717) is 12.0 Å². The van der Waals surface area contributed by atoms with Crippen molar-refractivity contribution in [2.24, 2.45) is 0 Å². The first-order valence-electron chi connectivity index (χ1n) is 8.61. The SMILES string of the molecule is CC(CCNC1CC(c2ccccc2)C1)NC(=O)OC(C)(C)C. The molecule has 0 spiro atoms. The molecule has 0 heterocycles. The van der Waals surface area contributed by atoms with E-state index in [1.54, 1.807) is 0 Å². The molecule has 0 radical (unpaired) electrons. The lowest BCUT2D eigenvalue weighted by molar-refractivity contribution is 0.0506. The van der Waals surface area contributed by atoms with Crippen LogP contribution in [0.3, 0.4) is 0 Å². The largest absolute Gasteiger partial charge is 0.444 e. The van der Waals surface area contributed by atoms with E-state index < -0.39 is 5.60 Å². The summed E-state index contributed by atoms with van der Waals surface area (Å²) in [5, 5.41) is 6.46. The van der Waals surface area contributed by atoms with Gasteiger partial charge in [-0.05, 0) is 65.0 Å². The van der Waals surface area contributed by atoms with Gasteiger partial charge in [-0.2, -0.15) is 0 Å². The fraction of sp³-hybridized carbons (Fsp3) is 0.632. The normalized spacial score (nSPS) is 22.1. The summed E-state index contributed by atoms with van der Waals surface area (Å²) in [5.41, 5.74) is 1.01. The highest BCUT2D eigenvalue weighted by Crippen LogP contribution is 2.36. The molecule has 23 heavy (non-hydrogen) atoms. The van der Waals surface area contributed by atoms with Crippen LogP contribution in [0.15, 0.2) is 30.3 Å². The quantitative estimate of drug-likeness (QED) is 0.838. The summed E-state index contributed by atoms with van der Waals surface area (Å²) in [7, 11) is 0. The molecule has 1 atom stereocenters. The molecule has 128 valence electrons. The average Bonchev–Trinajstić information content (AvgIpc) is 2.40. The summed E-state index contributed by atoms with van der Waals surface area (Å²) in [5.74, 6) is 0.700. The van der Waals surface area contributed by atoms with E-state index in [9.17, 15) is 4.79 Å². The summed E-state index contributed by atoms with van der Waals surface area (Å²) in [6.45, 7) is 8.55. The van der Waals surface area contributed by atoms with Crippen molar-refractivity contribution in [2.75, 3.05) is 6.54 Å². The zero-order chi connectivity index (χ0) is 16.9. The number of hydrogen-bond donors (Lipinski definition) is 2. The van der Waals surface area contributed by atoms with Crippen molar-refractivity contribution in [3.05, 3.63) is 35.9 Å². The molecule has 0 bridgehead atoms. The summed E-state index contributed by atoms with van der Waals surface area (Å²) in [4.78, 5) is 11.7.